The van der Waals surface area contributed by atoms with Gasteiger partial charge in [0.05, 0.1) is 11.9 Å². The zero-order valence-electron chi connectivity index (χ0n) is 13.8. The zero-order valence-corrected chi connectivity index (χ0v) is 13.8. The van der Waals surface area contributed by atoms with Crippen LogP contribution in [0.5, 0.6) is 0 Å². The molecule has 0 saturated heterocycles. The summed E-state index contributed by atoms with van der Waals surface area (Å²) in [5, 5.41) is 3.86. The molecule has 0 saturated carbocycles. The van der Waals surface area contributed by atoms with Crippen LogP contribution in [-0.4, -0.2) is 22.5 Å². The average molecular weight is 314 g/mol. The summed E-state index contributed by atoms with van der Waals surface area (Å²) in [4.78, 5) is 27.8. The maximum absolute atomic E-state index is 11.9. The molecule has 0 bridgehead atoms. The Kier molecular flexibility index (Phi) is 5.32. The summed E-state index contributed by atoms with van der Waals surface area (Å²) in [6.45, 7) is 5.80. The van der Waals surface area contributed by atoms with Gasteiger partial charge in [-0.1, -0.05) is 24.3 Å². The molecule has 0 unspecified atom stereocenters. The lowest BCUT2D eigenvalue weighted by molar-refractivity contribution is -0.155. The van der Waals surface area contributed by atoms with E-state index >= 15 is 0 Å². The van der Waals surface area contributed by atoms with Gasteiger partial charge in [0.25, 0.3) is 0 Å². The fourth-order valence-electron chi connectivity index (χ4n) is 2.20. The molecule has 0 atom stereocenters. The van der Waals surface area contributed by atoms with Gasteiger partial charge in [-0.2, -0.15) is 0 Å². The van der Waals surface area contributed by atoms with Crippen LogP contribution in [0.4, 0.5) is 0 Å². The van der Waals surface area contributed by atoms with Crippen LogP contribution >= 0.6 is 0 Å². The lowest BCUT2D eigenvalue weighted by atomic mass is 10.1. The minimum Gasteiger partial charge on any atom is -0.460 e. The van der Waals surface area contributed by atoms with Crippen molar-refractivity contribution in [3.8, 4) is 0 Å². The van der Waals surface area contributed by atoms with E-state index in [1.807, 2.05) is 30.3 Å². The number of fused-ring (bicyclic) bond motifs is 1. The Labute approximate surface area is 136 Å². The quantitative estimate of drug-likeness (QED) is 0.862. The van der Waals surface area contributed by atoms with E-state index < -0.39 is 5.60 Å². The number of aromatic nitrogens is 1. The molecule has 0 radical (unpaired) electrons. The normalized spacial score (nSPS) is 11.3. The van der Waals surface area contributed by atoms with Crippen molar-refractivity contribution in [1.29, 1.82) is 0 Å². The van der Waals surface area contributed by atoms with Gasteiger partial charge in [0, 0.05) is 24.5 Å². The van der Waals surface area contributed by atoms with Gasteiger partial charge in [0.15, 0.2) is 0 Å². The predicted octanol–water partition coefficient (Wildman–Crippen LogP) is 2.97. The fourth-order valence-corrected chi connectivity index (χ4v) is 2.20. The smallest absolute Gasteiger partial charge is 0.306 e. The third kappa shape index (κ3) is 5.36. The van der Waals surface area contributed by atoms with Crippen molar-refractivity contribution in [3.05, 3.63) is 42.1 Å². The maximum atomic E-state index is 11.9. The van der Waals surface area contributed by atoms with Crippen LogP contribution in [0.25, 0.3) is 10.9 Å². The highest BCUT2D eigenvalue weighted by molar-refractivity contribution is 5.83. The summed E-state index contributed by atoms with van der Waals surface area (Å²) in [5.41, 5.74) is 1.30. The Morgan fingerprint density at radius 1 is 1.13 bits per heavy atom. The first kappa shape index (κ1) is 16.9. The van der Waals surface area contributed by atoms with Crippen LogP contribution in [0.1, 0.15) is 39.2 Å². The highest BCUT2D eigenvalue weighted by atomic mass is 16.6. The van der Waals surface area contributed by atoms with Gasteiger partial charge in [-0.3, -0.25) is 14.6 Å². The lowest BCUT2D eigenvalue weighted by Gasteiger charge is -2.19. The molecule has 0 aliphatic heterocycles. The number of amides is 1. The molecule has 0 aliphatic rings. The predicted molar refractivity (Wildman–Crippen MR) is 88.7 cm³/mol. The van der Waals surface area contributed by atoms with Gasteiger partial charge in [-0.05, 0) is 32.4 Å². The Balaban J connectivity index is 1.86. The number of hydrogen-bond donors (Lipinski definition) is 1. The molecule has 1 aromatic carbocycles. The van der Waals surface area contributed by atoms with E-state index in [-0.39, 0.29) is 24.7 Å². The number of para-hydroxylation sites is 1. The molecule has 122 valence electrons. The van der Waals surface area contributed by atoms with Crippen molar-refractivity contribution in [3.63, 3.8) is 0 Å². The van der Waals surface area contributed by atoms with Crippen LogP contribution < -0.4 is 5.32 Å². The number of carbonyl (C=O) groups excluding carboxylic acids is 2. The molecule has 2 aromatic rings. The minimum absolute atomic E-state index is 0.0802. The molecule has 1 amide bonds. The van der Waals surface area contributed by atoms with E-state index in [9.17, 15) is 9.59 Å². The van der Waals surface area contributed by atoms with E-state index in [4.69, 9.17) is 4.74 Å². The van der Waals surface area contributed by atoms with Crippen LogP contribution in [0.3, 0.4) is 0 Å². The largest absolute Gasteiger partial charge is 0.460 e. The SMILES string of the molecule is CC(C)(C)OC(=O)CCC(=O)NCc1cccc2cccnc12. The molecule has 1 heterocycles. The molecule has 0 fully saturated rings. The van der Waals surface area contributed by atoms with Gasteiger partial charge < -0.3 is 10.1 Å². The van der Waals surface area contributed by atoms with Crippen LogP contribution in [-0.2, 0) is 20.9 Å². The fraction of sp³-hybridized carbons (Fsp3) is 0.389. The molecular weight excluding hydrogens is 292 g/mol. The van der Waals surface area contributed by atoms with E-state index in [0.29, 0.717) is 6.54 Å². The van der Waals surface area contributed by atoms with Crippen molar-refractivity contribution in [2.45, 2.75) is 45.8 Å². The highest BCUT2D eigenvalue weighted by Crippen LogP contribution is 2.15. The van der Waals surface area contributed by atoms with Crippen molar-refractivity contribution in [2.24, 2.45) is 0 Å². The number of hydrogen-bond acceptors (Lipinski definition) is 4. The summed E-state index contributed by atoms with van der Waals surface area (Å²) >= 11 is 0. The summed E-state index contributed by atoms with van der Waals surface area (Å²) in [6, 6.07) is 9.72. The van der Waals surface area contributed by atoms with Gasteiger partial charge in [0.2, 0.25) is 5.91 Å². The highest BCUT2D eigenvalue weighted by Gasteiger charge is 2.17. The zero-order chi connectivity index (χ0) is 16.9. The monoisotopic (exact) mass is 314 g/mol. The van der Waals surface area contributed by atoms with E-state index in [2.05, 4.69) is 10.3 Å². The van der Waals surface area contributed by atoms with Gasteiger partial charge in [-0.15, -0.1) is 0 Å². The first-order valence-electron chi connectivity index (χ1n) is 7.66. The first-order chi connectivity index (χ1) is 10.8. The van der Waals surface area contributed by atoms with Crippen molar-refractivity contribution in [2.75, 3.05) is 0 Å². The lowest BCUT2D eigenvalue weighted by Crippen LogP contribution is -2.27. The summed E-state index contributed by atoms with van der Waals surface area (Å²) in [7, 11) is 0. The summed E-state index contributed by atoms with van der Waals surface area (Å²) in [6.07, 6.45) is 1.93. The van der Waals surface area contributed by atoms with Crippen LogP contribution in [0.2, 0.25) is 0 Å². The number of rotatable bonds is 5. The molecule has 0 spiro atoms. The second-order valence-electron chi connectivity index (χ2n) is 6.36. The standard InChI is InChI=1S/C18H22N2O3/c1-18(2,3)23-16(22)10-9-15(21)20-12-14-7-4-6-13-8-5-11-19-17(13)14/h4-8,11H,9-10,12H2,1-3H3,(H,20,21). The third-order valence-electron chi connectivity index (χ3n) is 3.17. The number of nitrogens with one attached hydrogen (secondary N) is 1. The van der Waals surface area contributed by atoms with Crippen LogP contribution in [0, 0.1) is 0 Å². The van der Waals surface area contributed by atoms with E-state index in [1.165, 1.54) is 0 Å². The van der Waals surface area contributed by atoms with E-state index in [0.717, 1.165) is 16.5 Å². The number of ether oxygens (including phenoxy) is 1. The second kappa shape index (κ2) is 7.22. The molecule has 5 heteroatoms. The number of pyridine rings is 1. The molecule has 2 rings (SSSR count). The van der Waals surface area contributed by atoms with Crippen molar-refractivity contribution in [1.82, 2.24) is 10.3 Å². The number of carbonyl (C=O) groups is 2. The summed E-state index contributed by atoms with van der Waals surface area (Å²) in [5.74, 6) is -0.539. The Morgan fingerprint density at radius 2 is 1.87 bits per heavy atom. The van der Waals surface area contributed by atoms with Crippen molar-refractivity contribution >= 4 is 22.8 Å². The summed E-state index contributed by atoms with van der Waals surface area (Å²) < 4.78 is 5.18. The number of benzene rings is 1. The molecular formula is C18H22N2O3. The Morgan fingerprint density at radius 3 is 2.61 bits per heavy atom. The second-order valence-corrected chi connectivity index (χ2v) is 6.36. The minimum atomic E-state index is -0.526. The molecule has 5 nitrogen and oxygen atoms in total. The van der Waals surface area contributed by atoms with Gasteiger partial charge in [-0.25, -0.2) is 0 Å². The number of nitrogens with zero attached hydrogens (tertiary/aromatic N) is 1. The molecule has 23 heavy (non-hydrogen) atoms. The van der Waals surface area contributed by atoms with Crippen LogP contribution in [0.15, 0.2) is 36.5 Å². The number of esters is 1. The molecule has 0 aliphatic carbocycles. The maximum Gasteiger partial charge on any atom is 0.306 e. The Bertz CT molecular complexity index is 699. The van der Waals surface area contributed by atoms with Crippen molar-refractivity contribution < 1.29 is 14.3 Å². The average Bonchev–Trinajstić information content (AvgIpc) is 2.49. The van der Waals surface area contributed by atoms with E-state index in [1.54, 1.807) is 27.0 Å². The first-order valence-corrected chi connectivity index (χ1v) is 7.66. The molecule has 1 N–H and O–H groups in total. The van der Waals surface area contributed by atoms with Gasteiger partial charge >= 0.3 is 5.97 Å². The van der Waals surface area contributed by atoms with Gasteiger partial charge in [0.1, 0.15) is 5.60 Å². The Hall–Kier alpha value is -2.43. The topological polar surface area (TPSA) is 68.3 Å². The third-order valence-corrected chi connectivity index (χ3v) is 3.17. The molecule has 1 aromatic heterocycles.